The molecule has 2 aromatic rings. The number of nitrogens with one attached hydrogen (secondary N) is 1. The summed E-state index contributed by atoms with van der Waals surface area (Å²) in [4.78, 5) is 20.7. The van der Waals surface area contributed by atoms with Crippen molar-refractivity contribution in [3.63, 3.8) is 0 Å². The highest BCUT2D eigenvalue weighted by Gasteiger charge is 2.13. The lowest BCUT2D eigenvalue weighted by molar-refractivity contribution is -0.119. The number of para-hydroxylation sites is 2. The van der Waals surface area contributed by atoms with Crippen LogP contribution < -0.4 is 5.32 Å². The Bertz CT molecular complexity index is 586. The van der Waals surface area contributed by atoms with Gasteiger partial charge in [0.2, 0.25) is 5.91 Å². The highest BCUT2D eigenvalue weighted by molar-refractivity contribution is 5.92. The number of hydrogen-bond donors (Lipinski definition) is 1. The zero-order valence-electron chi connectivity index (χ0n) is 11.8. The van der Waals surface area contributed by atoms with E-state index in [1.165, 1.54) is 0 Å². The minimum absolute atomic E-state index is 0.0364. The molecule has 5 heteroatoms. The molecule has 0 spiro atoms. The molecule has 5 nitrogen and oxygen atoms in total. The van der Waals surface area contributed by atoms with Gasteiger partial charge < -0.3 is 10.1 Å². The first-order valence-corrected chi connectivity index (χ1v) is 6.72. The molecular weight excluding hydrogens is 254 g/mol. The third-order valence-electron chi connectivity index (χ3n) is 3.13. The van der Waals surface area contributed by atoms with Crippen LogP contribution in [0.5, 0.6) is 0 Å². The lowest BCUT2D eigenvalue weighted by Crippen LogP contribution is -2.21. The van der Waals surface area contributed by atoms with Gasteiger partial charge in [-0.2, -0.15) is 0 Å². The molecular formula is C15H19N3O2. The maximum absolute atomic E-state index is 12.0. The van der Waals surface area contributed by atoms with Gasteiger partial charge in [0.05, 0.1) is 17.2 Å². The number of fused-ring (bicyclic) bond motifs is 1. The van der Waals surface area contributed by atoms with Gasteiger partial charge in [0.1, 0.15) is 0 Å². The van der Waals surface area contributed by atoms with E-state index < -0.39 is 0 Å². The number of carbonyl (C=O) groups is 1. The fourth-order valence-corrected chi connectivity index (χ4v) is 1.93. The Kier molecular flexibility index (Phi) is 5.01. The standard InChI is InChI=1S/C15H19N3O2/c1-11(6-5-9-20-2)15(19)18-14-10-16-12-7-3-4-8-13(12)17-14/h3-4,7-8,10-11H,5-6,9H2,1-2H3,(H,17,18,19)/t11-/m1/s1. The maximum Gasteiger partial charge on any atom is 0.228 e. The number of benzene rings is 1. The summed E-state index contributed by atoms with van der Waals surface area (Å²) in [5.41, 5.74) is 1.59. The molecule has 0 fully saturated rings. The molecule has 1 amide bonds. The molecule has 20 heavy (non-hydrogen) atoms. The highest BCUT2D eigenvalue weighted by Crippen LogP contribution is 2.13. The van der Waals surface area contributed by atoms with Crippen molar-refractivity contribution in [2.24, 2.45) is 5.92 Å². The summed E-state index contributed by atoms with van der Waals surface area (Å²) >= 11 is 0. The third kappa shape index (κ3) is 3.74. The van der Waals surface area contributed by atoms with Crippen molar-refractivity contribution in [1.29, 1.82) is 0 Å². The molecule has 0 aliphatic carbocycles. The van der Waals surface area contributed by atoms with E-state index in [9.17, 15) is 4.79 Å². The zero-order valence-corrected chi connectivity index (χ0v) is 11.8. The van der Waals surface area contributed by atoms with E-state index >= 15 is 0 Å². The van der Waals surface area contributed by atoms with E-state index in [1.807, 2.05) is 31.2 Å². The van der Waals surface area contributed by atoms with Crippen LogP contribution in [0.4, 0.5) is 5.82 Å². The van der Waals surface area contributed by atoms with Gasteiger partial charge in [-0.25, -0.2) is 4.98 Å². The molecule has 0 bridgehead atoms. The van der Waals surface area contributed by atoms with E-state index in [4.69, 9.17) is 4.74 Å². The van der Waals surface area contributed by atoms with Gasteiger partial charge in [-0.3, -0.25) is 9.78 Å². The summed E-state index contributed by atoms with van der Waals surface area (Å²) in [6.07, 6.45) is 3.25. The molecule has 1 aromatic carbocycles. The lowest BCUT2D eigenvalue weighted by Gasteiger charge is -2.11. The largest absolute Gasteiger partial charge is 0.385 e. The zero-order chi connectivity index (χ0) is 14.4. The molecule has 1 atom stereocenters. The van der Waals surface area contributed by atoms with Crippen LogP contribution in [0.15, 0.2) is 30.5 Å². The van der Waals surface area contributed by atoms with Crippen LogP contribution in [-0.4, -0.2) is 29.6 Å². The lowest BCUT2D eigenvalue weighted by atomic mass is 10.1. The molecule has 0 unspecified atom stereocenters. The summed E-state index contributed by atoms with van der Waals surface area (Å²) in [6.45, 7) is 2.58. The molecule has 106 valence electrons. The molecule has 0 radical (unpaired) electrons. The number of aromatic nitrogens is 2. The van der Waals surface area contributed by atoms with Crippen molar-refractivity contribution in [3.05, 3.63) is 30.5 Å². The maximum atomic E-state index is 12.0. The minimum atomic E-state index is -0.0709. The minimum Gasteiger partial charge on any atom is -0.385 e. The highest BCUT2D eigenvalue weighted by atomic mass is 16.5. The van der Waals surface area contributed by atoms with Crippen LogP contribution in [0, 0.1) is 5.92 Å². The van der Waals surface area contributed by atoms with E-state index in [0.717, 1.165) is 23.9 Å². The second-order valence-electron chi connectivity index (χ2n) is 4.77. The Morgan fingerprint density at radius 3 is 2.85 bits per heavy atom. The number of methoxy groups -OCH3 is 1. The Balaban J connectivity index is 1.98. The van der Waals surface area contributed by atoms with Crippen molar-refractivity contribution >= 4 is 22.8 Å². The predicted molar refractivity (Wildman–Crippen MR) is 78.4 cm³/mol. The van der Waals surface area contributed by atoms with Crippen molar-refractivity contribution in [3.8, 4) is 0 Å². The van der Waals surface area contributed by atoms with E-state index in [-0.39, 0.29) is 11.8 Å². The molecule has 0 aliphatic rings. The smallest absolute Gasteiger partial charge is 0.228 e. The van der Waals surface area contributed by atoms with Gasteiger partial charge in [-0.15, -0.1) is 0 Å². The third-order valence-corrected chi connectivity index (χ3v) is 3.13. The summed E-state index contributed by atoms with van der Waals surface area (Å²) < 4.78 is 4.98. The first kappa shape index (κ1) is 14.4. The van der Waals surface area contributed by atoms with Crippen LogP contribution in [0.3, 0.4) is 0 Å². The Labute approximate surface area is 118 Å². The van der Waals surface area contributed by atoms with Gasteiger partial charge in [0.25, 0.3) is 0 Å². The SMILES string of the molecule is COCCC[C@@H](C)C(=O)Nc1cnc2ccccc2n1. The summed E-state index contributed by atoms with van der Waals surface area (Å²) in [5.74, 6) is 0.386. The fraction of sp³-hybridized carbons (Fsp3) is 0.400. The van der Waals surface area contributed by atoms with Gasteiger partial charge in [-0.1, -0.05) is 19.1 Å². The number of carbonyl (C=O) groups excluding carboxylic acids is 1. The molecule has 0 saturated carbocycles. The molecule has 0 saturated heterocycles. The number of amides is 1. The first-order chi connectivity index (χ1) is 9.70. The van der Waals surface area contributed by atoms with E-state index in [2.05, 4.69) is 15.3 Å². The predicted octanol–water partition coefficient (Wildman–Crippen LogP) is 2.63. The Morgan fingerprint density at radius 1 is 1.35 bits per heavy atom. The van der Waals surface area contributed by atoms with Crippen molar-refractivity contribution in [1.82, 2.24) is 9.97 Å². The van der Waals surface area contributed by atoms with Crippen LogP contribution in [0.2, 0.25) is 0 Å². The number of rotatable bonds is 6. The van der Waals surface area contributed by atoms with Crippen LogP contribution in [0.1, 0.15) is 19.8 Å². The van der Waals surface area contributed by atoms with Crippen molar-refractivity contribution < 1.29 is 9.53 Å². The van der Waals surface area contributed by atoms with Gasteiger partial charge in [0.15, 0.2) is 5.82 Å². The van der Waals surface area contributed by atoms with E-state index in [1.54, 1.807) is 13.3 Å². The van der Waals surface area contributed by atoms with E-state index in [0.29, 0.717) is 12.4 Å². The Hall–Kier alpha value is -2.01. The average molecular weight is 273 g/mol. The van der Waals surface area contributed by atoms with Crippen molar-refractivity contribution in [2.45, 2.75) is 19.8 Å². The van der Waals surface area contributed by atoms with Crippen molar-refractivity contribution in [2.75, 3.05) is 19.0 Å². The average Bonchev–Trinajstić information content (AvgIpc) is 2.47. The quantitative estimate of drug-likeness (QED) is 0.822. The molecule has 1 aromatic heterocycles. The summed E-state index contributed by atoms with van der Waals surface area (Å²) in [7, 11) is 1.66. The topological polar surface area (TPSA) is 64.1 Å². The van der Waals surface area contributed by atoms with Gasteiger partial charge in [0, 0.05) is 19.6 Å². The van der Waals surface area contributed by atoms with Gasteiger partial charge >= 0.3 is 0 Å². The monoisotopic (exact) mass is 273 g/mol. The number of hydrogen-bond acceptors (Lipinski definition) is 4. The number of ether oxygens (including phenoxy) is 1. The molecule has 1 N–H and O–H groups in total. The Morgan fingerprint density at radius 2 is 2.10 bits per heavy atom. The van der Waals surface area contributed by atoms with Gasteiger partial charge in [-0.05, 0) is 25.0 Å². The molecule has 1 heterocycles. The van der Waals surface area contributed by atoms with Crippen LogP contribution >= 0.6 is 0 Å². The first-order valence-electron chi connectivity index (χ1n) is 6.72. The fourth-order valence-electron chi connectivity index (χ4n) is 1.93. The molecule has 0 aliphatic heterocycles. The normalized spacial score (nSPS) is 12.3. The number of anilines is 1. The molecule has 2 rings (SSSR count). The van der Waals surface area contributed by atoms with Crippen LogP contribution in [-0.2, 0) is 9.53 Å². The second kappa shape index (κ2) is 6.96. The number of nitrogens with zero attached hydrogens (tertiary/aromatic N) is 2. The second-order valence-corrected chi connectivity index (χ2v) is 4.77. The summed E-state index contributed by atoms with van der Waals surface area (Å²) in [5, 5.41) is 2.81. The summed E-state index contributed by atoms with van der Waals surface area (Å²) in [6, 6.07) is 7.57. The van der Waals surface area contributed by atoms with Crippen LogP contribution in [0.25, 0.3) is 11.0 Å².